The summed E-state index contributed by atoms with van der Waals surface area (Å²) in [6.45, 7) is 1.73. The van der Waals surface area contributed by atoms with Gasteiger partial charge in [-0.1, -0.05) is 42.3 Å². The standard InChI is InChI=1S/C16H11FN.Pt/c1-11-7-8-13(10-15(11)17)14-6-2-4-12-5-3-9-18-16(12)14;/h2-7,9-10H,1H3;/q-1;. The van der Waals surface area contributed by atoms with Crippen LogP contribution in [0.5, 0.6) is 0 Å². The summed E-state index contributed by atoms with van der Waals surface area (Å²) in [6.07, 6.45) is 1.75. The van der Waals surface area contributed by atoms with Gasteiger partial charge in [0.2, 0.25) is 0 Å². The van der Waals surface area contributed by atoms with Gasteiger partial charge in [0.1, 0.15) is 0 Å². The van der Waals surface area contributed by atoms with Crippen LogP contribution in [0.1, 0.15) is 5.56 Å². The molecule has 98 valence electrons. The number of pyridine rings is 1. The van der Waals surface area contributed by atoms with Crippen molar-refractivity contribution in [3.8, 4) is 11.1 Å². The van der Waals surface area contributed by atoms with Crippen LogP contribution in [0.2, 0.25) is 0 Å². The van der Waals surface area contributed by atoms with Gasteiger partial charge >= 0.3 is 0 Å². The Bertz CT molecular complexity index is 720. The first kappa shape index (κ1) is 13.9. The SMILES string of the molecule is Cc1c[c-]c(-c2cccc3cccnc23)cc1F.[Pt]. The Kier molecular flexibility index (Phi) is 4.11. The van der Waals surface area contributed by atoms with Gasteiger partial charge in [0, 0.05) is 38.6 Å². The second-order valence-electron chi connectivity index (χ2n) is 4.26. The van der Waals surface area contributed by atoms with Crippen LogP contribution >= 0.6 is 0 Å². The second kappa shape index (κ2) is 5.62. The fourth-order valence-corrected chi connectivity index (χ4v) is 2.01. The molecule has 1 nitrogen and oxygen atoms in total. The van der Waals surface area contributed by atoms with Gasteiger partial charge in [0.25, 0.3) is 0 Å². The molecule has 0 bridgehead atoms. The van der Waals surface area contributed by atoms with Crippen LogP contribution < -0.4 is 0 Å². The summed E-state index contributed by atoms with van der Waals surface area (Å²) in [7, 11) is 0. The fourth-order valence-electron chi connectivity index (χ4n) is 2.01. The van der Waals surface area contributed by atoms with E-state index in [2.05, 4.69) is 11.1 Å². The van der Waals surface area contributed by atoms with Gasteiger partial charge < -0.3 is 0 Å². The molecule has 3 heteroatoms. The van der Waals surface area contributed by atoms with E-state index in [4.69, 9.17) is 0 Å². The van der Waals surface area contributed by atoms with E-state index in [-0.39, 0.29) is 26.9 Å². The number of fused-ring (bicyclic) bond motifs is 1. The zero-order chi connectivity index (χ0) is 12.5. The predicted molar refractivity (Wildman–Crippen MR) is 70.7 cm³/mol. The second-order valence-corrected chi connectivity index (χ2v) is 4.26. The summed E-state index contributed by atoms with van der Waals surface area (Å²) < 4.78 is 13.6. The van der Waals surface area contributed by atoms with E-state index in [1.165, 1.54) is 6.07 Å². The van der Waals surface area contributed by atoms with Crippen molar-refractivity contribution in [2.75, 3.05) is 0 Å². The summed E-state index contributed by atoms with van der Waals surface area (Å²) in [4.78, 5) is 4.37. The van der Waals surface area contributed by atoms with Crippen molar-refractivity contribution in [2.45, 2.75) is 6.92 Å². The van der Waals surface area contributed by atoms with E-state index >= 15 is 0 Å². The minimum atomic E-state index is -0.211. The molecular formula is C16H11FNPt-. The van der Waals surface area contributed by atoms with Crippen LogP contribution in [0.25, 0.3) is 22.0 Å². The smallest absolute Gasteiger partial charge is 0.0447 e. The van der Waals surface area contributed by atoms with Crippen LogP contribution in [-0.2, 0) is 21.1 Å². The Hall–Kier alpha value is -1.53. The van der Waals surface area contributed by atoms with E-state index in [1.54, 1.807) is 19.2 Å². The van der Waals surface area contributed by atoms with Crippen molar-refractivity contribution in [1.82, 2.24) is 4.98 Å². The van der Waals surface area contributed by atoms with E-state index in [0.717, 1.165) is 22.0 Å². The Morgan fingerprint density at radius 3 is 2.74 bits per heavy atom. The zero-order valence-electron chi connectivity index (χ0n) is 10.3. The van der Waals surface area contributed by atoms with Crippen LogP contribution in [0.4, 0.5) is 4.39 Å². The molecule has 3 aromatic rings. The van der Waals surface area contributed by atoms with Crippen molar-refractivity contribution >= 4 is 10.9 Å². The van der Waals surface area contributed by atoms with Crippen LogP contribution in [0.3, 0.4) is 0 Å². The van der Waals surface area contributed by atoms with E-state index in [1.807, 2.05) is 30.3 Å². The van der Waals surface area contributed by atoms with Crippen molar-refractivity contribution in [3.05, 3.63) is 66.1 Å². The molecule has 0 spiro atoms. The van der Waals surface area contributed by atoms with Gasteiger partial charge in [0.05, 0.1) is 0 Å². The molecule has 3 rings (SSSR count). The summed E-state index contributed by atoms with van der Waals surface area (Å²) in [5, 5.41) is 1.05. The molecule has 0 saturated heterocycles. The van der Waals surface area contributed by atoms with Crippen molar-refractivity contribution in [3.63, 3.8) is 0 Å². The number of nitrogens with zero attached hydrogens (tertiary/aromatic N) is 1. The average molecular weight is 431 g/mol. The molecule has 0 aliphatic rings. The molecule has 0 N–H and O–H groups in total. The molecule has 0 atom stereocenters. The molecular weight excluding hydrogens is 420 g/mol. The normalized spacial score (nSPS) is 10.2. The first-order valence-corrected chi connectivity index (χ1v) is 5.77. The maximum absolute atomic E-state index is 13.6. The quantitative estimate of drug-likeness (QED) is 0.528. The number of benzene rings is 2. The molecule has 1 heterocycles. The summed E-state index contributed by atoms with van der Waals surface area (Å²) in [5.41, 5.74) is 3.13. The number of aromatic nitrogens is 1. The third-order valence-electron chi connectivity index (χ3n) is 3.01. The predicted octanol–water partition coefficient (Wildman–Crippen LogP) is 4.15. The number of hydrogen-bond donors (Lipinski definition) is 0. The van der Waals surface area contributed by atoms with Crippen molar-refractivity contribution < 1.29 is 25.5 Å². The number of para-hydroxylation sites is 1. The molecule has 0 amide bonds. The number of halogens is 1. The molecule has 0 aliphatic carbocycles. The zero-order valence-corrected chi connectivity index (χ0v) is 12.5. The molecule has 1 aromatic heterocycles. The van der Waals surface area contributed by atoms with E-state index in [9.17, 15) is 4.39 Å². The summed E-state index contributed by atoms with van der Waals surface area (Å²) in [5.74, 6) is -0.211. The molecule has 0 fully saturated rings. The van der Waals surface area contributed by atoms with Gasteiger partial charge in [-0.05, 0) is 11.5 Å². The summed E-state index contributed by atoms with van der Waals surface area (Å²) >= 11 is 0. The van der Waals surface area contributed by atoms with E-state index < -0.39 is 0 Å². The molecule has 2 aromatic carbocycles. The Balaban J connectivity index is 0.00000133. The molecule has 0 saturated carbocycles. The minimum absolute atomic E-state index is 0. The molecule has 0 aliphatic heterocycles. The molecule has 19 heavy (non-hydrogen) atoms. The first-order chi connectivity index (χ1) is 8.75. The van der Waals surface area contributed by atoms with Crippen molar-refractivity contribution in [2.24, 2.45) is 0 Å². The fraction of sp³-hybridized carbons (Fsp3) is 0.0625. The Morgan fingerprint density at radius 1 is 1.16 bits per heavy atom. The maximum Gasteiger partial charge on any atom is 0.0447 e. The van der Waals surface area contributed by atoms with Crippen molar-refractivity contribution in [1.29, 1.82) is 0 Å². The third-order valence-corrected chi connectivity index (χ3v) is 3.01. The van der Waals surface area contributed by atoms with Gasteiger partial charge in [-0.3, -0.25) is 4.98 Å². The molecule has 0 unspecified atom stereocenters. The van der Waals surface area contributed by atoms with Gasteiger partial charge in [0.15, 0.2) is 0 Å². The molecule has 0 radical (unpaired) electrons. The van der Waals surface area contributed by atoms with Gasteiger partial charge in [-0.2, -0.15) is 0 Å². The van der Waals surface area contributed by atoms with Crippen LogP contribution in [0.15, 0.2) is 48.7 Å². The summed E-state index contributed by atoms with van der Waals surface area (Å²) in [6, 6.07) is 16.1. The topological polar surface area (TPSA) is 12.9 Å². The van der Waals surface area contributed by atoms with E-state index in [0.29, 0.717) is 5.56 Å². The number of hydrogen-bond acceptors (Lipinski definition) is 1. The first-order valence-electron chi connectivity index (χ1n) is 5.77. The number of aryl methyl sites for hydroxylation is 1. The van der Waals surface area contributed by atoms with Gasteiger partial charge in [-0.25, -0.2) is 4.39 Å². The maximum atomic E-state index is 13.6. The van der Waals surface area contributed by atoms with Crippen LogP contribution in [0, 0.1) is 18.8 Å². The Labute approximate surface area is 125 Å². The largest absolute Gasteiger partial charge is 0.266 e. The average Bonchev–Trinajstić information content (AvgIpc) is 2.41. The van der Waals surface area contributed by atoms with Crippen LogP contribution in [-0.4, -0.2) is 4.98 Å². The monoisotopic (exact) mass is 431 g/mol. The minimum Gasteiger partial charge on any atom is -0.266 e. The van der Waals surface area contributed by atoms with Gasteiger partial charge in [-0.15, -0.1) is 23.8 Å². The Morgan fingerprint density at radius 2 is 1.95 bits per heavy atom. The third kappa shape index (κ3) is 2.59. The number of rotatable bonds is 1.